The predicted molar refractivity (Wildman–Crippen MR) is 81.1 cm³/mol. The zero-order valence-corrected chi connectivity index (χ0v) is 13.1. The van der Waals surface area contributed by atoms with E-state index in [4.69, 9.17) is 0 Å². The van der Waals surface area contributed by atoms with Crippen molar-refractivity contribution in [3.8, 4) is 0 Å². The lowest BCUT2D eigenvalue weighted by atomic mass is 9.93. The summed E-state index contributed by atoms with van der Waals surface area (Å²) in [6.45, 7) is 8.24. The molecule has 110 valence electrons. The minimum Gasteiger partial charge on any atom is -0.295 e. The van der Waals surface area contributed by atoms with Crippen LogP contribution in [-0.2, 0) is 9.59 Å². The number of rotatable bonds is 11. The first-order chi connectivity index (χ1) is 9.06. The van der Waals surface area contributed by atoms with E-state index in [0.29, 0.717) is 0 Å². The lowest BCUT2D eigenvalue weighted by Crippen LogP contribution is -2.13. The van der Waals surface area contributed by atoms with Crippen molar-refractivity contribution < 1.29 is 9.59 Å². The zero-order chi connectivity index (χ0) is 14.7. The maximum Gasteiger partial charge on any atom is 0.158 e. The first-order valence-electron chi connectivity index (χ1n) is 7.82. The van der Waals surface area contributed by atoms with Crippen LogP contribution in [0.2, 0.25) is 0 Å². The molecular formula is C17H30O2. The Hall–Kier alpha value is -0.920. The van der Waals surface area contributed by atoms with Crippen LogP contribution in [0.3, 0.4) is 0 Å². The maximum atomic E-state index is 12.0. The zero-order valence-electron chi connectivity index (χ0n) is 13.1. The number of carbonyl (C=O) groups excluding carboxylic acids is 2. The molecule has 0 aliphatic rings. The van der Waals surface area contributed by atoms with Gasteiger partial charge in [0.25, 0.3) is 0 Å². The van der Waals surface area contributed by atoms with Gasteiger partial charge in [0.1, 0.15) is 0 Å². The number of hydrogen-bond acceptors (Lipinski definition) is 2. The minimum atomic E-state index is 0.0414. The fourth-order valence-corrected chi connectivity index (χ4v) is 2.12. The largest absolute Gasteiger partial charge is 0.295 e. The van der Waals surface area contributed by atoms with Crippen molar-refractivity contribution >= 4 is 11.6 Å². The summed E-state index contributed by atoms with van der Waals surface area (Å²) in [7, 11) is 0. The van der Waals surface area contributed by atoms with E-state index in [-0.39, 0.29) is 23.4 Å². The van der Waals surface area contributed by atoms with Crippen molar-refractivity contribution in [2.45, 2.75) is 72.6 Å². The third-order valence-corrected chi connectivity index (χ3v) is 3.69. The quantitative estimate of drug-likeness (QED) is 0.507. The van der Waals surface area contributed by atoms with E-state index in [1.54, 1.807) is 0 Å². The smallest absolute Gasteiger partial charge is 0.158 e. The Bertz CT molecular complexity index is 292. The van der Waals surface area contributed by atoms with E-state index in [9.17, 15) is 9.59 Å². The molecule has 0 N–H and O–H groups in total. The predicted octanol–water partition coefficient (Wildman–Crippen LogP) is 4.72. The average Bonchev–Trinajstić information content (AvgIpc) is 2.42. The van der Waals surface area contributed by atoms with Gasteiger partial charge in [-0.15, -0.1) is 0 Å². The Morgan fingerprint density at radius 3 is 1.95 bits per heavy atom. The molecule has 0 spiro atoms. The number of allylic oxidation sites excluding steroid dienone is 2. The van der Waals surface area contributed by atoms with Crippen LogP contribution in [0.1, 0.15) is 72.6 Å². The third-order valence-electron chi connectivity index (χ3n) is 3.69. The van der Waals surface area contributed by atoms with E-state index in [1.165, 1.54) is 12.2 Å². The maximum absolute atomic E-state index is 12.0. The van der Waals surface area contributed by atoms with Gasteiger partial charge in [-0.2, -0.15) is 0 Å². The third kappa shape index (κ3) is 7.97. The molecule has 0 aliphatic carbocycles. The highest BCUT2D eigenvalue weighted by atomic mass is 16.1. The molecule has 0 rings (SSSR count). The van der Waals surface area contributed by atoms with E-state index < -0.39 is 0 Å². The molecule has 0 heterocycles. The number of unbranched alkanes of at least 4 members (excludes halogenated alkanes) is 2. The molecule has 19 heavy (non-hydrogen) atoms. The van der Waals surface area contributed by atoms with Crippen molar-refractivity contribution in [1.29, 1.82) is 0 Å². The minimum absolute atomic E-state index is 0.0414. The van der Waals surface area contributed by atoms with Crippen LogP contribution in [0.15, 0.2) is 12.2 Å². The van der Waals surface area contributed by atoms with Gasteiger partial charge in [0.05, 0.1) is 0 Å². The summed E-state index contributed by atoms with van der Waals surface area (Å²) in [6, 6.07) is 0. The molecule has 2 heteroatoms. The van der Waals surface area contributed by atoms with Gasteiger partial charge in [0, 0.05) is 11.8 Å². The van der Waals surface area contributed by atoms with Gasteiger partial charge in [0.15, 0.2) is 11.6 Å². The van der Waals surface area contributed by atoms with Gasteiger partial charge in [0.2, 0.25) is 0 Å². The Morgan fingerprint density at radius 1 is 0.895 bits per heavy atom. The molecule has 2 atom stereocenters. The monoisotopic (exact) mass is 266 g/mol. The van der Waals surface area contributed by atoms with Crippen LogP contribution in [0.4, 0.5) is 0 Å². The van der Waals surface area contributed by atoms with Crippen molar-refractivity contribution in [2.75, 3.05) is 0 Å². The SMILES string of the molecule is CCCCC(C)C(=O)/C=C\C(=O)C(CC)CCCC. The van der Waals surface area contributed by atoms with Crippen molar-refractivity contribution in [3.63, 3.8) is 0 Å². The summed E-state index contributed by atoms with van der Waals surface area (Å²) in [5, 5.41) is 0. The molecule has 0 radical (unpaired) electrons. The van der Waals surface area contributed by atoms with E-state index in [0.717, 1.165) is 44.9 Å². The van der Waals surface area contributed by atoms with Crippen molar-refractivity contribution in [1.82, 2.24) is 0 Å². The molecule has 2 unspecified atom stereocenters. The molecular weight excluding hydrogens is 236 g/mol. The lowest BCUT2D eigenvalue weighted by Gasteiger charge is -2.10. The number of carbonyl (C=O) groups is 2. The van der Waals surface area contributed by atoms with Gasteiger partial charge >= 0.3 is 0 Å². The molecule has 0 aromatic rings. The van der Waals surface area contributed by atoms with Crippen LogP contribution in [0.5, 0.6) is 0 Å². The molecule has 0 aliphatic heterocycles. The highest BCUT2D eigenvalue weighted by Gasteiger charge is 2.14. The summed E-state index contributed by atoms with van der Waals surface area (Å²) >= 11 is 0. The standard InChI is InChI=1S/C17H30O2/c1-5-8-10-14(4)16(18)12-13-17(19)15(7-3)11-9-6-2/h12-15H,5-11H2,1-4H3/b13-12-. The van der Waals surface area contributed by atoms with Crippen LogP contribution in [0, 0.1) is 11.8 Å². The van der Waals surface area contributed by atoms with Gasteiger partial charge in [-0.1, -0.05) is 53.4 Å². The van der Waals surface area contributed by atoms with E-state index in [1.807, 2.05) is 13.8 Å². The lowest BCUT2D eigenvalue weighted by molar-refractivity contribution is -0.120. The molecule has 0 fully saturated rings. The Morgan fingerprint density at radius 2 is 1.42 bits per heavy atom. The Labute approximate surface area is 118 Å². The van der Waals surface area contributed by atoms with Crippen LogP contribution < -0.4 is 0 Å². The normalized spacial score (nSPS) is 14.5. The van der Waals surface area contributed by atoms with Gasteiger partial charge < -0.3 is 0 Å². The van der Waals surface area contributed by atoms with E-state index in [2.05, 4.69) is 13.8 Å². The summed E-state index contributed by atoms with van der Waals surface area (Å²) in [5.74, 6) is 0.341. The summed E-state index contributed by atoms with van der Waals surface area (Å²) in [5.41, 5.74) is 0. The Kier molecular flexibility index (Phi) is 10.4. The second kappa shape index (κ2) is 11.0. The van der Waals surface area contributed by atoms with E-state index >= 15 is 0 Å². The van der Waals surface area contributed by atoms with Crippen LogP contribution in [0.25, 0.3) is 0 Å². The van der Waals surface area contributed by atoms with Gasteiger partial charge in [-0.05, 0) is 31.4 Å². The molecule has 0 saturated carbocycles. The van der Waals surface area contributed by atoms with Crippen LogP contribution >= 0.6 is 0 Å². The summed E-state index contributed by atoms with van der Waals surface area (Å²) < 4.78 is 0. The molecule has 2 nitrogen and oxygen atoms in total. The topological polar surface area (TPSA) is 34.1 Å². The average molecular weight is 266 g/mol. The van der Waals surface area contributed by atoms with Crippen LogP contribution in [-0.4, -0.2) is 11.6 Å². The van der Waals surface area contributed by atoms with Crippen molar-refractivity contribution in [2.24, 2.45) is 11.8 Å². The second-order valence-electron chi connectivity index (χ2n) is 5.43. The molecule has 0 amide bonds. The first-order valence-corrected chi connectivity index (χ1v) is 7.82. The fourth-order valence-electron chi connectivity index (χ4n) is 2.12. The first kappa shape index (κ1) is 18.1. The number of hydrogen-bond donors (Lipinski definition) is 0. The molecule has 0 aromatic carbocycles. The van der Waals surface area contributed by atoms with Gasteiger partial charge in [-0.3, -0.25) is 9.59 Å². The highest BCUT2D eigenvalue weighted by Crippen LogP contribution is 2.15. The highest BCUT2D eigenvalue weighted by molar-refractivity contribution is 6.00. The summed E-state index contributed by atoms with van der Waals surface area (Å²) in [4.78, 5) is 23.8. The van der Waals surface area contributed by atoms with Gasteiger partial charge in [-0.25, -0.2) is 0 Å². The van der Waals surface area contributed by atoms with Crippen molar-refractivity contribution in [3.05, 3.63) is 12.2 Å². The molecule has 0 aromatic heterocycles. The summed E-state index contributed by atoms with van der Waals surface area (Å²) in [6.07, 6.45) is 10.1. The Balaban J connectivity index is 4.27. The second-order valence-corrected chi connectivity index (χ2v) is 5.43. The molecule has 0 bridgehead atoms. The fraction of sp³-hybridized carbons (Fsp3) is 0.765. The number of ketones is 2. The molecule has 0 saturated heterocycles.